The second kappa shape index (κ2) is 5.96. The molecule has 2 fully saturated rings. The molecule has 2 aliphatic rings. The summed E-state index contributed by atoms with van der Waals surface area (Å²) in [5.41, 5.74) is 0.281. The van der Waals surface area contributed by atoms with Gasteiger partial charge in [-0.25, -0.2) is 22.5 Å². The maximum absolute atomic E-state index is 11.9. The molecule has 0 bridgehead atoms. The number of ether oxygens (including phenoxy) is 1. The number of sulfonamides is 1. The van der Waals surface area contributed by atoms with E-state index in [4.69, 9.17) is 4.74 Å². The first-order valence-electron chi connectivity index (χ1n) is 7.92. The summed E-state index contributed by atoms with van der Waals surface area (Å²) in [4.78, 5) is 22.2. The highest BCUT2D eigenvalue weighted by molar-refractivity contribution is 7.88. The lowest BCUT2D eigenvalue weighted by Gasteiger charge is -2.31. The first-order chi connectivity index (χ1) is 11.2. The third kappa shape index (κ3) is 3.23. The molecule has 0 saturated carbocycles. The zero-order valence-corrected chi connectivity index (χ0v) is 14.9. The predicted molar refractivity (Wildman–Crippen MR) is 88.3 cm³/mol. The van der Waals surface area contributed by atoms with Crippen molar-refractivity contribution in [3.05, 3.63) is 18.1 Å². The Kier molecular flexibility index (Phi) is 4.25. The summed E-state index contributed by atoms with van der Waals surface area (Å²) in [5, 5.41) is 0. The fourth-order valence-corrected chi connectivity index (χ4v) is 4.07. The van der Waals surface area contributed by atoms with Gasteiger partial charge in [-0.2, -0.15) is 0 Å². The van der Waals surface area contributed by atoms with Gasteiger partial charge in [-0.3, -0.25) is 9.88 Å². The molecule has 1 aromatic heterocycles. The fraction of sp³-hybridized carbons (Fsp3) is 0.667. The molecule has 0 spiro atoms. The molecule has 0 aliphatic carbocycles. The molecular formula is C15H22N4O4S. The second-order valence-corrected chi connectivity index (χ2v) is 8.94. The molecule has 8 nitrogen and oxygen atoms in total. The summed E-state index contributed by atoms with van der Waals surface area (Å²) in [6.07, 6.45) is 5.66. The van der Waals surface area contributed by atoms with Gasteiger partial charge >= 0.3 is 6.09 Å². The van der Waals surface area contributed by atoms with Crippen LogP contribution in [0.15, 0.2) is 12.4 Å². The molecule has 2 saturated heterocycles. The fourth-order valence-electron chi connectivity index (χ4n) is 3.16. The Morgan fingerprint density at radius 1 is 1.29 bits per heavy atom. The average molecular weight is 354 g/mol. The van der Waals surface area contributed by atoms with Crippen molar-refractivity contribution in [2.24, 2.45) is 0 Å². The van der Waals surface area contributed by atoms with Gasteiger partial charge in [-0.1, -0.05) is 0 Å². The van der Waals surface area contributed by atoms with Crippen LogP contribution in [0.4, 0.5) is 10.6 Å². The van der Waals surface area contributed by atoms with Gasteiger partial charge in [-0.15, -0.1) is 0 Å². The number of aromatic nitrogens is 2. The molecule has 24 heavy (non-hydrogen) atoms. The lowest BCUT2D eigenvalue weighted by Crippen LogP contribution is -2.42. The van der Waals surface area contributed by atoms with E-state index in [0.717, 1.165) is 18.5 Å². The lowest BCUT2D eigenvalue weighted by atomic mass is 9.96. The first-order valence-corrected chi connectivity index (χ1v) is 9.77. The Labute approximate surface area is 141 Å². The monoisotopic (exact) mass is 354 g/mol. The maximum Gasteiger partial charge on any atom is 0.416 e. The summed E-state index contributed by atoms with van der Waals surface area (Å²) >= 11 is 0. The van der Waals surface area contributed by atoms with Crippen LogP contribution in [0.25, 0.3) is 0 Å². The average Bonchev–Trinajstić information content (AvgIpc) is 2.80. The molecule has 1 atom stereocenters. The van der Waals surface area contributed by atoms with Crippen molar-refractivity contribution in [3.63, 3.8) is 0 Å². The number of piperidine rings is 1. The molecule has 0 radical (unpaired) electrons. The SMILES string of the molecule is CC1(C)COC(=O)N1c1cnc([C@H]2CCCN(S(C)(=O)=O)C2)cn1. The Bertz CT molecular complexity index is 732. The van der Waals surface area contributed by atoms with Crippen LogP contribution in [0.5, 0.6) is 0 Å². The zero-order valence-electron chi connectivity index (χ0n) is 14.1. The van der Waals surface area contributed by atoms with E-state index in [1.165, 1.54) is 15.5 Å². The van der Waals surface area contributed by atoms with Gasteiger partial charge in [0.15, 0.2) is 5.82 Å². The zero-order chi connectivity index (χ0) is 17.5. The molecule has 3 heterocycles. The van der Waals surface area contributed by atoms with Crippen molar-refractivity contribution in [3.8, 4) is 0 Å². The van der Waals surface area contributed by atoms with Crippen molar-refractivity contribution in [1.82, 2.24) is 14.3 Å². The quantitative estimate of drug-likeness (QED) is 0.813. The van der Waals surface area contributed by atoms with Crippen LogP contribution < -0.4 is 4.90 Å². The van der Waals surface area contributed by atoms with E-state index >= 15 is 0 Å². The van der Waals surface area contributed by atoms with Crippen LogP contribution in [0.1, 0.15) is 38.3 Å². The van der Waals surface area contributed by atoms with E-state index in [-0.39, 0.29) is 5.92 Å². The Balaban J connectivity index is 1.79. The summed E-state index contributed by atoms with van der Waals surface area (Å²) in [6.45, 7) is 5.08. The molecule has 1 amide bonds. The number of rotatable bonds is 3. The lowest BCUT2D eigenvalue weighted by molar-refractivity contribution is 0.175. The van der Waals surface area contributed by atoms with Crippen LogP contribution in [-0.2, 0) is 14.8 Å². The molecule has 1 aromatic rings. The first kappa shape index (κ1) is 17.1. The maximum atomic E-state index is 11.9. The van der Waals surface area contributed by atoms with E-state index in [0.29, 0.717) is 25.5 Å². The van der Waals surface area contributed by atoms with Crippen LogP contribution in [0.2, 0.25) is 0 Å². The van der Waals surface area contributed by atoms with E-state index in [9.17, 15) is 13.2 Å². The highest BCUT2D eigenvalue weighted by atomic mass is 32.2. The molecule has 0 N–H and O–H groups in total. The Morgan fingerprint density at radius 3 is 2.58 bits per heavy atom. The minimum absolute atomic E-state index is 0.0218. The highest BCUT2D eigenvalue weighted by Gasteiger charge is 2.42. The Hall–Kier alpha value is -1.74. The summed E-state index contributed by atoms with van der Waals surface area (Å²) in [6, 6.07) is 0. The Morgan fingerprint density at radius 2 is 2.04 bits per heavy atom. The van der Waals surface area contributed by atoms with Crippen molar-refractivity contribution in [2.45, 2.75) is 38.1 Å². The number of anilines is 1. The molecule has 3 rings (SSSR count). The number of cyclic esters (lactones) is 1. The standard InChI is InChI=1S/C15H22N4O4S/c1-15(2)10-23-14(20)19(15)13-8-16-12(7-17-13)11-5-4-6-18(9-11)24(3,21)22/h7-8,11H,4-6,9-10H2,1-3H3/t11-/m0/s1. The number of hydrogen-bond acceptors (Lipinski definition) is 6. The molecule has 0 aromatic carbocycles. The number of nitrogens with zero attached hydrogens (tertiary/aromatic N) is 4. The number of carbonyl (C=O) groups is 1. The van der Waals surface area contributed by atoms with E-state index in [1.54, 1.807) is 12.4 Å². The normalized spacial score (nSPS) is 24.9. The molecule has 9 heteroatoms. The predicted octanol–water partition coefficient (Wildman–Crippen LogP) is 1.35. The largest absolute Gasteiger partial charge is 0.447 e. The van der Waals surface area contributed by atoms with E-state index in [1.807, 2.05) is 13.8 Å². The summed E-state index contributed by atoms with van der Waals surface area (Å²) < 4.78 is 30.0. The summed E-state index contributed by atoms with van der Waals surface area (Å²) in [7, 11) is -3.19. The molecular weight excluding hydrogens is 332 g/mol. The van der Waals surface area contributed by atoms with Crippen molar-refractivity contribution >= 4 is 21.9 Å². The third-order valence-corrected chi connectivity index (χ3v) is 5.77. The van der Waals surface area contributed by atoms with Gasteiger partial charge < -0.3 is 4.74 Å². The summed E-state index contributed by atoms with van der Waals surface area (Å²) in [5.74, 6) is 0.468. The van der Waals surface area contributed by atoms with E-state index in [2.05, 4.69) is 9.97 Å². The van der Waals surface area contributed by atoms with Gasteiger partial charge in [0.05, 0.1) is 29.9 Å². The number of amides is 1. The minimum atomic E-state index is -3.19. The topological polar surface area (TPSA) is 92.7 Å². The highest BCUT2D eigenvalue weighted by Crippen LogP contribution is 2.30. The van der Waals surface area contributed by atoms with Crippen LogP contribution >= 0.6 is 0 Å². The van der Waals surface area contributed by atoms with Gasteiger partial charge in [0.2, 0.25) is 10.0 Å². The smallest absolute Gasteiger partial charge is 0.416 e. The van der Waals surface area contributed by atoms with Crippen molar-refractivity contribution in [1.29, 1.82) is 0 Å². The van der Waals surface area contributed by atoms with Gasteiger partial charge in [0.25, 0.3) is 0 Å². The number of carbonyl (C=O) groups excluding carboxylic acids is 1. The van der Waals surface area contributed by atoms with E-state index < -0.39 is 21.7 Å². The molecule has 2 aliphatic heterocycles. The molecule has 0 unspecified atom stereocenters. The van der Waals surface area contributed by atoms with Crippen LogP contribution in [-0.4, -0.2) is 60.3 Å². The molecule has 132 valence electrons. The third-order valence-electron chi connectivity index (χ3n) is 4.50. The van der Waals surface area contributed by atoms with Gasteiger partial charge in [-0.05, 0) is 26.7 Å². The van der Waals surface area contributed by atoms with Gasteiger partial charge in [0, 0.05) is 19.0 Å². The number of hydrogen-bond donors (Lipinski definition) is 0. The van der Waals surface area contributed by atoms with Crippen LogP contribution in [0.3, 0.4) is 0 Å². The van der Waals surface area contributed by atoms with Crippen molar-refractivity contribution < 1.29 is 17.9 Å². The minimum Gasteiger partial charge on any atom is -0.447 e. The van der Waals surface area contributed by atoms with Crippen molar-refractivity contribution in [2.75, 3.05) is 30.9 Å². The second-order valence-electron chi connectivity index (χ2n) is 6.96. The van der Waals surface area contributed by atoms with Gasteiger partial charge in [0.1, 0.15) is 6.61 Å². The van der Waals surface area contributed by atoms with Crippen LogP contribution in [0, 0.1) is 0 Å².